The Labute approximate surface area is 118 Å². The highest BCUT2D eigenvalue weighted by molar-refractivity contribution is 7.80. The highest BCUT2D eigenvalue weighted by atomic mass is 32.1. The van der Waals surface area contributed by atoms with Crippen LogP contribution in [0.5, 0.6) is 5.75 Å². The second kappa shape index (κ2) is 6.52. The number of halogens is 3. The van der Waals surface area contributed by atoms with E-state index in [-0.39, 0.29) is 22.6 Å². The van der Waals surface area contributed by atoms with Crippen molar-refractivity contribution in [2.75, 3.05) is 6.61 Å². The molecule has 1 rings (SSSR count). The molecular formula is C12H10F3NO3S. The summed E-state index contributed by atoms with van der Waals surface area (Å²) in [6.45, 7) is 1.66. The molecule has 0 atom stereocenters. The van der Waals surface area contributed by atoms with Crippen molar-refractivity contribution in [1.82, 2.24) is 0 Å². The average molecular weight is 305 g/mol. The number of rotatable bonds is 4. The largest absolute Gasteiger partial charge is 0.573 e. The molecule has 0 aromatic heterocycles. The SMILES string of the molecule is CCOC(=O)Cc1c(OC(F)(F)F)ccc(C#N)c1S. The van der Waals surface area contributed by atoms with Crippen LogP contribution in [0.1, 0.15) is 18.1 Å². The minimum atomic E-state index is -4.90. The van der Waals surface area contributed by atoms with Crippen molar-refractivity contribution >= 4 is 18.6 Å². The molecule has 1 aromatic rings. The van der Waals surface area contributed by atoms with E-state index in [1.54, 1.807) is 13.0 Å². The van der Waals surface area contributed by atoms with Gasteiger partial charge in [-0.25, -0.2) is 0 Å². The molecule has 0 amide bonds. The molecule has 0 aliphatic rings. The first-order valence-corrected chi connectivity index (χ1v) is 5.89. The van der Waals surface area contributed by atoms with Crippen molar-refractivity contribution in [3.8, 4) is 11.8 Å². The summed E-state index contributed by atoms with van der Waals surface area (Å²) in [5, 5.41) is 8.83. The van der Waals surface area contributed by atoms with E-state index in [2.05, 4.69) is 22.1 Å². The Morgan fingerprint density at radius 2 is 2.10 bits per heavy atom. The summed E-state index contributed by atoms with van der Waals surface area (Å²) in [4.78, 5) is 11.4. The molecule has 0 fully saturated rings. The molecule has 0 aliphatic carbocycles. The molecule has 0 radical (unpaired) electrons. The first kappa shape index (κ1) is 16.2. The van der Waals surface area contributed by atoms with Crippen LogP contribution in [0.3, 0.4) is 0 Å². The average Bonchev–Trinajstić information content (AvgIpc) is 2.32. The number of ether oxygens (including phenoxy) is 2. The quantitative estimate of drug-likeness (QED) is 0.686. The van der Waals surface area contributed by atoms with E-state index in [1.807, 2.05) is 0 Å². The minimum Gasteiger partial charge on any atom is -0.466 e. The smallest absolute Gasteiger partial charge is 0.466 e. The summed E-state index contributed by atoms with van der Waals surface area (Å²) in [6.07, 6.45) is -5.37. The number of alkyl halides is 3. The monoisotopic (exact) mass is 305 g/mol. The van der Waals surface area contributed by atoms with Gasteiger partial charge in [-0.2, -0.15) is 5.26 Å². The number of esters is 1. The van der Waals surface area contributed by atoms with Gasteiger partial charge >= 0.3 is 12.3 Å². The van der Waals surface area contributed by atoms with E-state index in [4.69, 9.17) is 5.26 Å². The molecule has 0 saturated carbocycles. The normalized spacial score (nSPS) is 10.8. The minimum absolute atomic E-state index is 0.0395. The molecule has 1 aromatic carbocycles. The van der Waals surface area contributed by atoms with E-state index in [0.717, 1.165) is 12.1 Å². The number of benzene rings is 1. The number of nitriles is 1. The number of hydrogen-bond donors (Lipinski definition) is 1. The van der Waals surface area contributed by atoms with Crippen LogP contribution in [0.4, 0.5) is 13.2 Å². The molecule has 0 unspecified atom stereocenters. The summed E-state index contributed by atoms with van der Waals surface area (Å²) >= 11 is 3.98. The zero-order valence-electron chi connectivity index (χ0n) is 10.3. The van der Waals surface area contributed by atoms with Gasteiger partial charge in [0.2, 0.25) is 0 Å². The Bertz CT molecular complexity index is 552. The van der Waals surface area contributed by atoms with Crippen molar-refractivity contribution < 1.29 is 27.4 Å². The number of carbonyl (C=O) groups excluding carboxylic acids is 1. The lowest BCUT2D eigenvalue weighted by molar-refractivity contribution is -0.275. The van der Waals surface area contributed by atoms with Gasteiger partial charge in [0.1, 0.15) is 11.8 Å². The maximum atomic E-state index is 12.3. The van der Waals surface area contributed by atoms with Crippen molar-refractivity contribution in [3.05, 3.63) is 23.3 Å². The number of thiol groups is 1. The second-order valence-corrected chi connectivity index (χ2v) is 4.03. The predicted molar refractivity (Wildman–Crippen MR) is 65.4 cm³/mol. The Hall–Kier alpha value is -1.88. The van der Waals surface area contributed by atoms with E-state index in [0.29, 0.717) is 0 Å². The van der Waals surface area contributed by atoms with Gasteiger partial charge in [0.05, 0.1) is 18.6 Å². The number of hydrogen-bond acceptors (Lipinski definition) is 5. The summed E-state index contributed by atoms with van der Waals surface area (Å²) in [5.41, 5.74) is -0.0923. The van der Waals surface area contributed by atoms with Crippen LogP contribution in [0.25, 0.3) is 0 Å². The van der Waals surface area contributed by atoms with E-state index >= 15 is 0 Å². The number of nitrogens with zero attached hydrogens (tertiary/aromatic N) is 1. The Kier molecular flexibility index (Phi) is 5.27. The molecule has 0 aliphatic heterocycles. The molecule has 20 heavy (non-hydrogen) atoms. The molecule has 0 heterocycles. The molecular weight excluding hydrogens is 295 g/mol. The van der Waals surface area contributed by atoms with Gasteiger partial charge in [-0.3, -0.25) is 4.79 Å². The van der Waals surface area contributed by atoms with Gasteiger partial charge in [-0.1, -0.05) is 0 Å². The summed E-state index contributed by atoms with van der Waals surface area (Å²) in [6, 6.07) is 3.88. The van der Waals surface area contributed by atoms with Crippen molar-refractivity contribution in [2.45, 2.75) is 24.6 Å². The third-order valence-corrected chi connectivity index (χ3v) is 2.72. The standard InChI is InChI=1S/C12H10F3NO3S/c1-2-18-10(17)5-8-9(19-12(13,14)15)4-3-7(6-16)11(8)20/h3-4,20H,2,5H2,1H3. The Morgan fingerprint density at radius 3 is 2.60 bits per heavy atom. The number of carbonyl (C=O) groups is 1. The summed E-state index contributed by atoms with van der Waals surface area (Å²) in [7, 11) is 0. The van der Waals surface area contributed by atoms with E-state index < -0.39 is 24.5 Å². The highest BCUT2D eigenvalue weighted by Crippen LogP contribution is 2.32. The van der Waals surface area contributed by atoms with Gasteiger partial charge in [0.15, 0.2) is 0 Å². The first-order valence-electron chi connectivity index (χ1n) is 5.44. The Balaban J connectivity index is 3.21. The van der Waals surface area contributed by atoms with E-state index in [1.165, 1.54) is 0 Å². The zero-order valence-corrected chi connectivity index (χ0v) is 11.2. The molecule has 0 N–H and O–H groups in total. The fourth-order valence-electron chi connectivity index (χ4n) is 1.46. The summed E-state index contributed by atoms with van der Waals surface area (Å²) in [5.74, 6) is -1.31. The van der Waals surface area contributed by atoms with E-state index in [9.17, 15) is 18.0 Å². The van der Waals surface area contributed by atoms with Crippen LogP contribution in [0.15, 0.2) is 17.0 Å². The van der Waals surface area contributed by atoms with Gasteiger partial charge in [0, 0.05) is 10.5 Å². The molecule has 4 nitrogen and oxygen atoms in total. The van der Waals surface area contributed by atoms with Crippen molar-refractivity contribution in [3.63, 3.8) is 0 Å². The first-order chi connectivity index (χ1) is 9.28. The van der Waals surface area contributed by atoms with Gasteiger partial charge in [-0.05, 0) is 19.1 Å². The lowest BCUT2D eigenvalue weighted by Gasteiger charge is -2.15. The van der Waals surface area contributed by atoms with Crippen LogP contribution < -0.4 is 4.74 Å². The molecule has 0 saturated heterocycles. The zero-order chi connectivity index (χ0) is 15.3. The molecule has 0 spiro atoms. The van der Waals surface area contributed by atoms with Crippen LogP contribution in [0.2, 0.25) is 0 Å². The van der Waals surface area contributed by atoms with Gasteiger partial charge in [0.25, 0.3) is 0 Å². The lowest BCUT2D eigenvalue weighted by Crippen LogP contribution is -2.19. The maximum Gasteiger partial charge on any atom is 0.573 e. The van der Waals surface area contributed by atoms with Crippen LogP contribution >= 0.6 is 12.6 Å². The topological polar surface area (TPSA) is 59.3 Å². The van der Waals surface area contributed by atoms with Crippen molar-refractivity contribution in [1.29, 1.82) is 5.26 Å². The fraction of sp³-hybridized carbons (Fsp3) is 0.333. The molecule has 108 valence electrons. The predicted octanol–water partition coefficient (Wildman–Crippen LogP) is 2.85. The third kappa shape index (κ3) is 4.35. The van der Waals surface area contributed by atoms with Crippen molar-refractivity contribution in [2.24, 2.45) is 0 Å². The van der Waals surface area contributed by atoms with Gasteiger partial charge in [-0.15, -0.1) is 25.8 Å². The molecule has 0 bridgehead atoms. The second-order valence-electron chi connectivity index (χ2n) is 3.58. The fourth-order valence-corrected chi connectivity index (χ4v) is 1.77. The van der Waals surface area contributed by atoms with Crippen LogP contribution in [-0.2, 0) is 16.0 Å². The van der Waals surface area contributed by atoms with Crippen LogP contribution in [-0.4, -0.2) is 18.9 Å². The van der Waals surface area contributed by atoms with Gasteiger partial charge < -0.3 is 9.47 Å². The summed E-state index contributed by atoms with van der Waals surface area (Å²) < 4.78 is 45.4. The molecule has 8 heteroatoms. The third-order valence-electron chi connectivity index (χ3n) is 2.21. The lowest BCUT2D eigenvalue weighted by atomic mass is 10.1. The maximum absolute atomic E-state index is 12.3. The highest BCUT2D eigenvalue weighted by Gasteiger charge is 2.33. The Morgan fingerprint density at radius 1 is 1.45 bits per heavy atom. The van der Waals surface area contributed by atoms with Crippen LogP contribution in [0, 0.1) is 11.3 Å².